The summed E-state index contributed by atoms with van der Waals surface area (Å²) >= 11 is 0. The maximum atomic E-state index is 13.6. The highest BCUT2D eigenvalue weighted by atomic mass is 19.1. The van der Waals surface area contributed by atoms with Crippen molar-refractivity contribution in [3.8, 4) is 0 Å². The Morgan fingerprint density at radius 1 is 1.29 bits per heavy atom. The molecule has 1 aliphatic carbocycles. The quantitative estimate of drug-likeness (QED) is 0.698. The van der Waals surface area contributed by atoms with Crippen molar-refractivity contribution in [2.75, 3.05) is 13.1 Å². The first kappa shape index (κ1) is 16.2. The van der Waals surface area contributed by atoms with E-state index in [1.165, 1.54) is 31.7 Å². The van der Waals surface area contributed by atoms with E-state index < -0.39 is 5.82 Å². The number of rotatable bonds is 7. The Kier molecular flexibility index (Phi) is 5.92. The molecule has 0 unspecified atom stereocenters. The molecule has 0 atom stereocenters. The van der Waals surface area contributed by atoms with Crippen molar-refractivity contribution in [2.45, 2.75) is 52.0 Å². The van der Waals surface area contributed by atoms with Crippen LogP contribution in [0, 0.1) is 11.7 Å². The molecule has 1 aromatic rings. The SMILES string of the molecule is CC(C)CN(CCC(=O)c1ccccc1F)C1CCCC1. The number of carbonyl (C=O) groups is 1. The van der Waals surface area contributed by atoms with E-state index in [2.05, 4.69) is 18.7 Å². The van der Waals surface area contributed by atoms with Gasteiger partial charge in [0.15, 0.2) is 5.78 Å². The predicted molar refractivity (Wildman–Crippen MR) is 84.0 cm³/mol. The fourth-order valence-corrected chi connectivity index (χ4v) is 3.23. The lowest BCUT2D eigenvalue weighted by Gasteiger charge is -2.30. The smallest absolute Gasteiger partial charge is 0.167 e. The third-order valence-corrected chi connectivity index (χ3v) is 4.24. The zero-order valence-electron chi connectivity index (χ0n) is 13.1. The van der Waals surface area contributed by atoms with E-state index in [9.17, 15) is 9.18 Å². The first-order valence-corrected chi connectivity index (χ1v) is 8.09. The molecule has 0 aromatic heterocycles. The van der Waals surface area contributed by atoms with Gasteiger partial charge in [-0.05, 0) is 30.9 Å². The van der Waals surface area contributed by atoms with Crippen LogP contribution in [0.2, 0.25) is 0 Å². The number of hydrogen-bond acceptors (Lipinski definition) is 2. The molecule has 0 bridgehead atoms. The Labute approximate surface area is 127 Å². The fourth-order valence-electron chi connectivity index (χ4n) is 3.23. The summed E-state index contributed by atoms with van der Waals surface area (Å²) in [5, 5.41) is 0. The summed E-state index contributed by atoms with van der Waals surface area (Å²) in [5.41, 5.74) is 0.230. The summed E-state index contributed by atoms with van der Waals surface area (Å²) in [5.74, 6) is 0.104. The lowest BCUT2D eigenvalue weighted by molar-refractivity contribution is 0.0938. The minimum Gasteiger partial charge on any atom is -0.300 e. The summed E-state index contributed by atoms with van der Waals surface area (Å²) in [6, 6.07) is 6.89. The Balaban J connectivity index is 1.94. The van der Waals surface area contributed by atoms with Crippen molar-refractivity contribution in [2.24, 2.45) is 5.92 Å². The normalized spacial score (nSPS) is 16.0. The topological polar surface area (TPSA) is 20.3 Å². The van der Waals surface area contributed by atoms with Gasteiger partial charge in [0.25, 0.3) is 0 Å². The van der Waals surface area contributed by atoms with Crippen molar-refractivity contribution in [1.29, 1.82) is 0 Å². The lowest BCUT2D eigenvalue weighted by Crippen LogP contribution is -2.37. The molecule has 1 fully saturated rings. The molecule has 2 nitrogen and oxygen atoms in total. The number of ketones is 1. The number of hydrogen-bond donors (Lipinski definition) is 0. The molecule has 0 aliphatic heterocycles. The summed E-state index contributed by atoms with van der Waals surface area (Å²) in [4.78, 5) is 14.6. The third kappa shape index (κ3) is 4.63. The Morgan fingerprint density at radius 3 is 2.57 bits per heavy atom. The Bertz CT molecular complexity index is 466. The van der Waals surface area contributed by atoms with E-state index in [0.29, 0.717) is 18.4 Å². The molecule has 0 amide bonds. The van der Waals surface area contributed by atoms with Crippen LogP contribution in [0.25, 0.3) is 0 Å². The van der Waals surface area contributed by atoms with Crippen LogP contribution in [0.1, 0.15) is 56.3 Å². The van der Waals surface area contributed by atoms with Gasteiger partial charge in [-0.3, -0.25) is 9.69 Å². The molecule has 3 heteroatoms. The summed E-state index contributed by atoms with van der Waals surface area (Å²) < 4.78 is 13.6. The number of Topliss-reactive ketones (excluding diaryl/α,β-unsaturated/α-hetero) is 1. The number of halogens is 1. The molecule has 0 spiro atoms. The van der Waals surface area contributed by atoms with E-state index in [4.69, 9.17) is 0 Å². The van der Waals surface area contributed by atoms with Crippen LogP contribution in [-0.2, 0) is 0 Å². The first-order valence-electron chi connectivity index (χ1n) is 8.09. The van der Waals surface area contributed by atoms with E-state index in [1.54, 1.807) is 18.2 Å². The van der Waals surface area contributed by atoms with E-state index in [-0.39, 0.29) is 11.3 Å². The number of nitrogens with zero attached hydrogens (tertiary/aromatic N) is 1. The van der Waals surface area contributed by atoms with E-state index >= 15 is 0 Å². The van der Waals surface area contributed by atoms with Gasteiger partial charge >= 0.3 is 0 Å². The number of carbonyl (C=O) groups excluding carboxylic acids is 1. The van der Waals surface area contributed by atoms with Crippen LogP contribution >= 0.6 is 0 Å². The van der Waals surface area contributed by atoms with Crippen molar-refractivity contribution in [1.82, 2.24) is 4.90 Å². The summed E-state index contributed by atoms with van der Waals surface area (Å²) in [7, 11) is 0. The standard InChI is InChI=1S/C18H26FNO/c1-14(2)13-20(15-7-3-4-8-15)12-11-18(21)16-9-5-6-10-17(16)19/h5-6,9-10,14-15H,3-4,7-8,11-13H2,1-2H3. The summed E-state index contributed by atoms with van der Waals surface area (Å²) in [6.45, 7) is 6.19. The van der Waals surface area contributed by atoms with Crippen LogP contribution in [0.3, 0.4) is 0 Å². The van der Waals surface area contributed by atoms with Gasteiger partial charge in [-0.15, -0.1) is 0 Å². The maximum absolute atomic E-state index is 13.6. The van der Waals surface area contributed by atoms with E-state index in [0.717, 1.165) is 13.1 Å². The van der Waals surface area contributed by atoms with Gasteiger partial charge in [0.05, 0.1) is 5.56 Å². The zero-order chi connectivity index (χ0) is 15.2. The maximum Gasteiger partial charge on any atom is 0.167 e. The molecule has 116 valence electrons. The Hall–Kier alpha value is -1.22. The first-order chi connectivity index (χ1) is 10.1. The van der Waals surface area contributed by atoms with Crippen LogP contribution in [0.4, 0.5) is 4.39 Å². The largest absolute Gasteiger partial charge is 0.300 e. The average molecular weight is 291 g/mol. The highest BCUT2D eigenvalue weighted by Gasteiger charge is 2.24. The molecule has 2 rings (SSSR count). The summed E-state index contributed by atoms with van der Waals surface area (Å²) in [6.07, 6.45) is 5.46. The second-order valence-corrected chi connectivity index (χ2v) is 6.48. The lowest BCUT2D eigenvalue weighted by atomic mass is 10.1. The van der Waals surface area contributed by atoms with Crippen LogP contribution in [-0.4, -0.2) is 29.8 Å². The molecule has 21 heavy (non-hydrogen) atoms. The second kappa shape index (κ2) is 7.69. The van der Waals surface area contributed by atoms with E-state index in [1.807, 2.05) is 0 Å². The van der Waals surface area contributed by atoms with Gasteiger partial charge in [0.2, 0.25) is 0 Å². The van der Waals surface area contributed by atoms with Crippen molar-refractivity contribution < 1.29 is 9.18 Å². The van der Waals surface area contributed by atoms with Crippen LogP contribution < -0.4 is 0 Å². The van der Waals surface area contributed by atoms with Gasteiger partial charge in [-0.2, -0.15) is 0 Å². The van der Waals surface area contributed by atoms with Gasteiger partial charge in [0.1, 0.15) is 5.82 Å². The average Bonchev–Trinajstić information content (AvgIpc) is 2.97. The third-order valence-electron chi connectivity index (χ3n) is 4.24. The Morgan fingerprint density at radius 2 is 1.95 bits per heavy atom. The minimum atomic E-state index is -0.404. The monoisotopic (exact) mass is 291 g/mol. The molecule has 1 saturated carbocycles. The molecule has 1 aromatic carbocycles. The van der Waals surface area contributed by atoms with Crippen molar-refractivity contribution in [3.63, 3.8) is 0 Å². The molecular formula is C18H26FNO. The molecule has 1 aliphatic rings. The van der Waals surface area contributed by atoms with Gasteiger partial charge in [-0.25, -0.2) is 4.39 Å². The fraction of sp³-hybridized carbons (Fsp3) is 0.611. The van der Waals surface area contributed by atoms with Crippen LogP contribution in [0.15, 0.2) is 24.3 Å². The van der Waals surface area contributed by atoms with Gasteiger partial charge < -0.3 is 0 Å². The molecule has 0 heterocycles. The zero-order valence-corrected chi connectivity index (χ0v) is 13.1. The van der Waals surface area contributed by atoms with Crippen LogP contribution in [0.5, 0.6) is 0 Å². The molecule has 0 saturated heterocycles. The molecule has 0 radical (unpaired) electrons. The van der Waals surface area contributed by atoms with Gasteiger partial charge in [-0.1, -0.05) is 38.8 Å². The highest BCUT2D eigenvalue weighted by molar-refractivity contribution is 5.96. The minimum absolute atomic E-state index is 0.0835. The highest BCUT2D eigenvalue weighted by Crippen LogP contribution is 2.24. The predicted octanol–water partition coefficient (Wildman–Crippen LogP) is 4.30. The second-order valence-electron chi connectivity index (χ2n) is 6.48. The molecular weight excluding hydrogens is 265 g/mol. The van der Waals surface area contributed by atoms with Crippen molar-refractivity contribution in [3.05, 3.63) is 35.6 Å². The van der Waals surface area contributed by atoms with Gasteiger partial charge in [0, 0.05) is 25.6 Å². The molecule has 0 N–H and O–H groups in total. The number of benzene rings is 1. The van der Waals surface area contributed by atoms with Crippen molar-refractivity contribution >= 4 is 5.78 Å².